The Kier molecular flexibility index (Phi) is 9.44. The van der Waals surface area contributed by atoms with Gasteiger partial charge in [-0.2, -0.15) is 0 Å². The van der Waals surface area contributed by atoms with Gasteiger partial charge in [0.05, 0.1) is 30.2 Å². The van der Waals surface area contributed by atoms with E-state index in [4.69, 9.17) is 4.42 Å². The normalized spacial score (nSPS) is 21.4. The molecule has 224 valence electrons. The highest BCUT2D eigenvalue weighted by Gasteiger charge is 2.55. The van der Waals surface area contributed by atoms with Crippen molar-refractivity contribution in [2.45, 2.75) is 45.3 Å². The lowest BCUT2D eigenvalue weighted by molar-refractivity contribution is -0.123. The lowest BCUT2D eigenvalue weighted by Gasteiger charge is -2.36. The van der Waals surface area contributed by atoms with Crippen LogP contribution in [0.3, 0.4) is 0 Å². The number of imide groups is 1. The summed E-state index contributed by atoms with van der Waals surface area (Å²) < 4.78 is 5.68. The molecule has 2 amide bonds. The summed E-state index contributed by atoms with van der Waals surface area (Å²) in [6.45, 7) is 1.32. The standard InChI is InChI=1S/C33H36BNO8/c1-2-20-16-27-31(33(40)35(32(27)39)24-10-6-9-23(17-24)34(41)42)28(19-37)30(20)29(38)14-11-22(21-7-4-3-5-8-21)15-25-12-13-26(18-36)43-25/h3-10,12-13,15,17,27-29,31,36-38,41-42H,2,11,14,16,18-19H2,1H3/b22-15-/t27-,28+,29-,31-/m1/s1. The van der Waals surface area contributed by atoms with Crippen LogP contribution in [0.15, 0.2) is 82.3 Å². The molecule has 1 fully saturated rings. The molecule has 0 unspecified atom stereocenters. The van der Waals surface area contributed by atoms with E-state index >= 15 is 0 Å². The molecular weight excluding hydrogens is 549 g/mol. The van der Waals surface area contributed by atoms with Gasteiger partial charge in [-0.1, -0.05) is 55.0 Å². The Labute approximate surface area is 250 Å². The molecular formula is C33H36BNO8. The Bertz CT molecular complexity index is 1530. The maximum atomic E-state index is 13.8. The van der Waals surface area contributed by atoms with Crippen molar-refractivity contribution >= 4 is 41.7 Å². The van der Waals surface area contributed by atoms with Crippen LogP contribution in [0.25, 0.3) is 11.6 Å². The lowest BCUT2D eigenvalue weighted by Crippen LogP contribution is -2.39. The van der Waals surface area contributed by atoms with Crippen molar-refractivity contribution < 1.29 is 39.4 Å². The summed E-state index contributed by atoms with van der Waals surface area (Å²) in [6.07, 6.45) is 2.54. The van der Waals surface area contributed by atoms with E-state index in [0.29, 0.717) is 42.8 Å². The minimum absolute atomic E-state index is 0.152. The highest BCUT2D eigenvalue weighted by Crippen LogP contribution is 2.48. The van der Waals surface area contributed by atoms with Crippen LogP contribution in [-0.2, 0) is 16.2 Å². The van der Waals surface area contributed by atoms with Gasteiger partial charge in [-0.25, -0.2) is 0 Å². The third kappa shape index (κ3) is 6.15. The highest BCUT2D eigenvalue weighted by atomic mass is 16.4. The Morgan fingerprint density at radius 3 is 2.47 bits per heavy atom. The van der Waals surface area contributed by atoms with E-state index in [1.807, 2.05) is 43.3 Å². The number of carbonyl (C=O) groups excluding carboxylic acids is 2. The van der Waals surface area contributed by atoms with Gasteiger partial charge in [-0.15, -0.1) is 0 Å². The van der Waals surface area contributed by atoms with E-state index in [-0.39, 0.29) is 17.8 Å². The fourth-order valence-corrected chi connectivity index (χ4v) is 6.51. The molecule has 2 aliphatic rings. The topological polar surface area (TPSA) is 152 Å². The molecule has 2 heterocycles. The zero-order chi connectivity index (χ0) is 30.7. The van der Waals surface area contributed by atoms with Gasteiger partial charge in [0.25, 0.3) is 0 Å². The van der Waals surface area contributed by atoms with E-state index in [1.54, 1.807) is 24.3 Å². The second-order valence-corrected chi connectivity index (χ2v) is 11.1. The number of hydrogen-bond donors (Lipinski definition) is 5. The quantitative estimate of drug-likeness (QED) is 0.131. The van der Waals surface area contributed by atoms with Gasteiger partial charge in [-0.3, -0.25) is 14.5 Å². The number of carbonyl (C=O) groups is 2. The minimum Gasteiger partial charge on any atom is -0.459 e. The molecule has 9 nitrogen and oxygen atoms in total. The average molecular weight is 585 g/mol. The van der Waals surface area contributed by atoms with Gasteiger partial charge in [0.1, 0.15) is 18.1 Å². The zero-order valence-electron chi connectivity index (χ0n) is 24.0. The fraction of sp³-hybridized carbons (Fsp3) is 0.333. The third-order valence-corrected chi connectivity index (χ3v) is 8.58. The number of amides is 2. The summed E-state index contributed by atoms with van der Waals surface area (Å²) >= 11 is 0. The molecule has 1 aliphatic heterocycles. The molecule has 5 N–H and O–H groups in total. The molecule has 2 aromatic carbocycles. The van der Waals surface area contributed by atoms with Gasteiger partial charge in [0.15, 0.2) is 0 Å². The Morgan fingerprint density at radius 1 is 1.05 bits per heavy atom. The molecule has 5 rings (SSSR count). The second kappa shape index (κ2) is 13.2. The Hall–Kier alpha value is -3.80. The van der Waals surface area contributed by atoms with Crippen LogP contribution >= 0.6 is 0 Å². The van der Waals surface area contributed by atoms with Crippen LogP contribution in [0.2, 0.25) is 0 Å². The first kappa shape index (κ1) is 30.7. The number of benzene rings is 2. The van der Waals surface area contributed by atoms with Crippen LogP contribution in [0.1, 0.15) is 49.7 Å². The van der Waals surface area contributed by atoms with Gasteiger partial charge < -0.3 is 29.8 Å². The van der Waals surface area contributed by atoms with Crippen LogP contribution in [-0.4, -0.2) is 57.0 Å². The summed E-state index contributed by atoms with van der Waals surface area (Å²) in [6, 6.07) is 19.2. The molecule has 3 aromatic rings. The van der Waals surface area contributed by atoms with Crippen LogP contribution < -0.4 is 10.4 Å². The first-order chi connectivity index (χ1) is 20.8. The number of anilines is 1. The van der Waals surface area contributed by atoms with Crippen molar-refractivity contribution in [1.82, 2.24) is 0 Å². The van der Waals surface area contributed by atoms with Crippen molar-refractivity contribution in [3.05, 3.63) is 95.0 Å². The van der Waals surface area contributed by atoms with Crippen LogP contribution in [0.4, 0.5) is 5.69 Å². The number of nitrogens with zero attached hydrogens (tertiary/aromatic N) is 1. The number of hydrogen-bond acceptors (Lipinski definition) is 8. The number of furan rings is 1. The monoisotopic (exact) mass is 585 g/mol. The fourth-order valence-electron chi connectivity index (χ4n) is 6.51. The van der Waals surface area contributed by atoms with Gasteiger partial charge in [0, 0.05) is 5.92 Å². The van der Waals surface area contributed by atoms with E-state index in [9.17, 15) is 35.0 Å². The average Bonchev–Trinajstić information content (AvgIpc) is 3.59. The van der Waals surface area contributed by atoms with Crippen molar-refractivity contribution in [3.8, 4) is 0 Å². The SMILES string of the molecule is CCC1=C([C@H](O)CC/C(=C/c2ccc(CO)o2)c2ccccc2)[C@H](CO)[C@@H]2C(=O)N(c3cccc(B(O)O)c3)C(=O)[C@@H]2C1. The predicted octanol–water partition coefficient (Wildman–Crippen LogP) is 2.66. The maximum absolute atomic E-state index is 13.8. The maximum Gasteiger partial charge on any atom is 0.488 e. The molecule has 0 radical (unpaired) electrons. The number of allylic oxidation sites excluding steroid dienone is 2. The van der Waals surface area contributed by atoms with E-state index in [0.717, 1.165) is 21.6 Å². The molecule has 0 spiro atoms. The summed E-state index contributed by atoms with van der Waals surface area (Å²) in [5.74, 6) is -2.11. The Morgan fingerprint density at radius 2 is 1.81 bits per heavy atom. The first-order valence-corrected chi connectivity index (χ1v) is 14.6. The summed E-state index contributed by atoms with van der Waals surface area (Å²) in [7, 11) is -1.75. The van der Waals surface area contributed by atoms with E-state index < -0.39 is 49.4 Å². The summed E-state index contributed by atoms with van der Waals surface area (Å²) in [5.41, 5.74) is 3.73. The first-order valence-electron chi connectivity index (χ1n) is 14.6. The second-order valence-electron chi connectivity index (χ2n) is 11.1. The van der Waals surface area contributed by atoms with Crippen molar-refractivity contribution in [2.75, 3.05) is 11.5 Å². The number of fused-ring (bicyclic) bond motifs is 1. The van der Waals surface area contributed by atoms with Crippen molar-refractivity contribution in [3.63, 3.8) is 0 Å². The number of aliphatic hydroxyl groups is 3. The Balaban J connectivity index is 1.42. The number of rotatable bonds is 11. The molecule has 10 heteroatoms. The molecule has 1 saturated heterocycles. The van der Waals surface area contributed by atoms with Crippen molar-refractivity contribution in [1.29, 1.82) is 0 Å². The molecule has 0 saturated carbocycles. The third-order valence-electron chi connectivity index (χ3n) is 8.58. The van der Waals surface area contributed by atoms with Crippen molar-refractivity contribution in [2.24, 2.45) is 17.8 Å². The summed E-state index contributed by atoms with van der Waals surface area (Å²) in [4.78, 5) is 28.4. The van der Waals surface area contributed by atoms with Gasteiger partial charge in [0.2, 0.25) is 11.8 Å². The molecule has 1 aliphatic carbocycles. The predicted molar refractivity (Wildman–Crippen MR) is 162 cm³/mol. The molecule has 1 aromatic heterocycles. The lowest BCUT2D eigenvalue weighted by atomic mass is 9.67. The van der Waals surface area contributed by atoms with Crippen LogP contribution in [0.5, 0.6) is 0 Å². The number of aliphatic hydroxyl groups excluding tert-OH is 3. The molecule has 0 bridgehead atoms. The zero-order valence-corrected chi connectivity index (χ0v) is 24.0. The molecule has 43 heavy (non-hydrogen) atoms. The van der Waals surface area contributed by atoms with Crippen LogP contribution in [0, 0.1) is 17.8 Å². The molecule has 4 atom stereocenters. The highest BCUT2D eigenvalue weighted by molar-refractivity contribution is 6.58. The van der Waals surface area contributed by atoms with Gasteiger partial charge in [-0.05, 0) is 78.2 Å². The van der Waals surface area contributed by atoms with E-state index in [2.05, 4.69) is 0 Å². The minimum atomic E-state index is -1.75. The van der Waals surface area contributed by atoms with Gasteiger partial charge >= 0.3 is 7.12 Å². The summed E-state index contributed by atoms with van der Waals surface area (Å²) in [5, 5.41) is 50.8. The smallest absolute Gasteiger partial charge is 0.459 e. The van der Waals surface area contributed by atoms with E-state index in [1.165, 1.54) is 12.1 Å². The largest absolute Gasteiger partial charge is 0.488 e.